The molecule has 0 fully saturated rings. The van der Waals surface area contributed by atoms with E-state index < -0.39 is 0 Å². The fraction of sp³-hybridized carbons (Fsp3) is 0.154. The van der Waals surface area contributed by atoms with Crippen molar-refractivity contribution < 1.29 is 4.79 Å². The molecule has 0 aliphatic rings. The maximum atomic E-state index is 13.4. The molecule has 3 nitrogen and oxygen atoms in total. The second-order valence-electron chi connectivity index (χ2n) is 7.60. The van der Waals surface area contributed by atoms with Gasteiger partial charge >= 0.3 is 0 Å². The average Bonchev–Trinajstić information content (AvgIpc) is 2.75. The van der Waals surface area contributed by atoms with Gasteiger partial charge in [-0.1, -0.05) is 77.8 Å². The third-order valence-corrected chi connectivity index (χ3v) is 5.53. The first-order valence-electron chi connectivity index (χ1n) is 9.96. The number of pyridine rings is 1. The Morgan fingerprint density at radius 3 is 2.43 bits per heavy atom. The van der Waals surface area contributed by atoms with Crippen molar-refractivity contribution in [3.05, 3.63) is 112 Å². The van der Waals surface area contributed by atoms with Gasteiger partial charge in [0.25, 0.3) is 5.91 Å². The van der Waals surface area contributed by atoms with Gasteiger partial charge in [0.15, 0.2) is 0 Å². The highest BCUT2D eigenvalue weighted by atomic mass is 35.5. The Bertz CT molecular complexity index is 1200. The predicted molar refractivity (Wildman–Crippen MR) is 123 cm³/mol. The lowest BCUT2D eigenvalue weighted by Gasteiger charge is -2.24. The smallest absolute Gasteiger partial charge is 0.254 e. The Morgan fingerprint density at radius 1 is 0.900 bits per heavy atom. The van der Waals surface area contributed by atoms with Crippen LogP contribution < -0.4 is 0 Å². The number of halogens is 1. The lowest BCUT2D eigenvalue weighted by Crippen LogP contribution is -2.30. The van der Waals surface area contributed by atoms with Crippen molar-refractivity contribution in [2.75, 3.05) is 0 Å². The lowest BCUT2D eigenvalue weighted by atomic mass is 10.1. The van der Waals surface area contributed by atoms with Crippen molar-refractivity contribution in [1.29, 1.82) is 0 Å². The number of rotatable bonds is 5. The van der Waals surface area contributed by atoms with Crippen LogP contribution in [0.4, 0.5) is 0 Å². The maximum absolute atomic E-state index is 13.4. The first-order chi connectivity index (χ1) is 14.5. The number of hydrogen-bond acceptors (Lipinski definition) is 2. The average molecular weight is 415 g/mol. The standard InChI is InChI=1S/C26H23ClN2O/c1-18-8-6-13-22(14-18)26(30)29(16-20-10-4-3-5-11-20)17-23-15-21-12-7-9-19(2)24(21)28-25(23)27/h3-15H,16-17H2,1-2H3. The van der Waals surface area contributed by atoms with E-state index in [1.165, 1.54) is 0 Å². The number of hydrogen-bond donors (Lipinski definition) is 0. The quantitative estimate of drug-likeness (QED) is 0.356. The number of amides is 1. The summed E-state index contributed by atoms with van der Waals surface area (Å²) >= 11 is 6.55. The number of nitrogens with zero attached hydrogens (tertiary/aromatic N) is 2. The van der Waals surface area contributed by atoms with Crippen LogP contribution in [0.3, 0.4) is 0 Å². The molecule has 0 radical (unpaired) electrons. The summed E-state index contributed by atoms with van der Waals surface area (Å²) < 4.78 is 0. The van der Waals surface area contributed by atoms with Gasteiger partial charge in [0.05, 0.1) is 5.52 Å². The minimum atomic E-state index is -0.0250. The molecule has 1 amide bonds. The van der Waals surface area contributed by atoms with Gasteiger partial charge in [-0.2, -0.15) is 0 Å². The summed E-state index contributed by atoms with van der Waals surface area (Å²) in [4.78, 5) is 19.8. The third-order valence-electron chi connectivity index (χ3n) is 5.20. The van der Waals surface area contributed by atoms with Crippen LogP contribution >= 0.6 is 11.6 Å². The van der Waals surface area contributed by atoms with Crippen molar-refractivity contribution in [3.8, 4) is 0 Å². The molecule has 0 atom stereocenters. The molecule has 0 spiro atoms. The van der Waals surface area contributed by atoms with E-state index in [1.54, 1.807) is 0 Å². The van der Waals surface area contributed by atoms with Crippen LogP contribution in [0.5, 0.6) is 0 Å². The summed E-state index contributed by atoms with van der Waals surface area (Å²) in [7, 11) is 0. The van der Waals surface area contributed by atoms with Crippen LogP contribution in [0.25, 0.3) is 10.9 Å². The Hall–Kier alpha value is -3.17. The van der Waals surface area contributed by atoms with E-state index in [9.17, 15) is 4.79 Å². The molecule has 30 heavy (non-hydrogen) atoms. The summed E-state index contributed by atoms with van der Waals surface area (Å²) in [5.41, 5.74) is 5.61. The lowest BCUT2D eigenvalue weighted by molar-refractivity contribution is 0.0730. The number of carbonyl (C=O) groups excluding carboxylic acids is 1. The number of aryl methyl sites for hydroxylation is 2. The van der Waals surface area contributed by atoms with E-state index in [0.717, 1.165) is 33.2 Å². The van der Waals surface area contributed by atoms with Gasteiger partial charge in [0.1, 0.15) is 5.15 Å². The topological polar surface area (TPSA) is 33.2 Å². The van der Waals surface area contributed by atoms with Crippen molar-refractivity contribution in [2.24, 2.45) is 0 Å². The molecule has 3 aromatic carbocycles. The van der Waals surface area contributed by atoms with E-state index in [0.29, 0.717) is 23.8 Å². The van der Waals surface area contributed by atoms with Crippen molar-refractivity contribution in [3.63, 3.8) is 0 Å². The zero-order valence-corrected chi connectivity index (χ0v) is 17.9. The van der Waals surface area contributed by atoms with E-state index in [4.69, 9.17) is 11.6 Å². The molecule has 0 aliphatic heterocycles. The predicted octanol–water partition coefficient (Wildman–Crippen LogP) is 6.35. The number of carbonyl (C=O) groups is 1. The van der Waals surface area contributed by atoms with Crippen molar-refractivity contribution >= 4 is 28.4 Å². The molecule has 0 saturated carbocycles. The van der Waals surface area contributed by atoms with Gasteiger partial charge in [-0.25, -0.2) is 4.98 Å². The normalized spacial score (nSPS) is 10.9. The van der Waals surface area contributed by atoms with Crippen LogP contribution in [0.2, 0.25) is 5.15 Å². The molecule has 4 aromatic rings. The fourth-order valence-electron chi connectivity index (χ4n) is 3.65. The van der Waals surface area contributed by atoms with E-state index in [2.05, 4.69) is 4.98 Å². The number of para-hydroxylation sites is 1. The second-order valence-corrected chi connectivity index (χ2v) is 7.96. The summed E-state index contributed by atoms with van der Waals surface area (Å²) in [5.74, 6) is -0.0250. The summed E-state index contributed by atoms with van der Waals surface area (Å²) in [6.45, 7) is 4.90. The zero-order chi connectivity index (χ0) is 21.1. The Kier molecular flexibility index (Phi) is 5.82. The minimum Gasteiger partial charge on any atom is -0.330 e. The Morgan fingerprint density at radius 2 is 1.67 bits per heavy atom. The molecule has 4 rings (SSSR count). The molecule has 4 heteroatoms. The van der Waals surface area contributed by atoms with Gasteiger partial charge in [-0.05, 0) is 43.2 Å². The molecule has 0 unspecified atom stereocenters. The van der Waals surface area contributed by atoms with Gasteiger partial charge in [-0.15, -0.1) is 0 Å². The summed E-state index contributed by atoms with van der Waals surface area (Å²) in [6, 6.07) is 25.8. The van der Waals surface area contributed by atoms with E-state index in [-0.39, 0.29) is 5.91 Å². The van der Waals surface area contributed by atoms with Gasteiger partial charge < -0.3 is 4.90 Å². The Balaban J connectivity index is 1.71. The van der Waals surface area contributed by atoms with Crippen LogP contribution in [-0.2, 0) is 13.1 Å². The summed E-state index contributed by atoms with van der Waals surface area (Å²) in [6.07, 6.45) is 0. The van der Waals surface area contributed by atoms with Crippen LogP contribution in [0.15, 0.2) is 78.9 Å². The Labute approximate surface area is 181 Å². The van der Waals surface area contributed by atoms with E-state index >= 15 is 0 Å². The zero-order valence-electron chi connectivity index (χ0n) is 17.1. The maximum Gasteiger partial charge on any atom is 0.254 e. The van der Waals surface area contributed by atoms with Crippen LogP contribution in [0.1, 0.15) is 32.6 Å². The molecule has 0 aliphatic carbocycles. The highest BCUT2D eigenvalue weighted by molar-refractivity contribution is 6.30. The highest BCUT2D eigenvalue weighted by Crippen LogP contribution is 2.25. The molecule has 0 N–H and O–H groups in total. The SMILES string of the molecule is Cc1cccc(C(=O)N(Cc2ccccc2)Cc2cc3cccc(C)c3nc2Cl)c1. The van der Waals surface area contributed by atoms with Gasteiger partial charge in [0.2, 0.25) is 0 Å². The third kappa shape index (κ3) is 4.37. The molecular weight excluding hydrogens is 392 g/mol. The molecule has 1 heterocycles. The number of benzene rings is 3. The fourth-order valence-corrected chi connectivity index (χ4v) is 3.85. The first kappa shape index (κ1) is 20.1. The first-order valence-corrected chi connectivity index (χ1v) is 10.3. The molecule has 0 saturated heterocycles. The van der Waals surface area contributed by atoms with Gasteiger partial charge in [0, 0.05) is 29.6 Å². The molecule has 0 bridgehead atoms. The molecule has 1 aromatic heterocycles. The van der Waals surface area contributed by atoms with Crippen molar-refractivity contribution in [2.45, 2.75) is 26.9 Å². The monoisotopic (exact) mass is 414 g/mol. The summed E-state index contributed by atoms with van der Waals surface area (Å²) in [5, 5.41) is 1.46. The van der Waals surface area contributed by atoms with Crippen LogP contribution in [0, 0.1) is 13.8 Å². The molecular formula is C26H23ClN2O. The van der Waals surface area contributed by atoms with Gasteiger partial charge in [-0.3, -0.25) is 4.79 Å². The number of fused-ring (bicyclic) bond motifs is 1. The largest absolute Gasteiger partial charge is 0.330 e. The second kappa shape index (κ2) is 8.68. The highest BCUT2D eigenvalue weighted by Gasteiger charge is 2.19. The van der Waals surface area contributed by atoms with Crippen LogP contribution in [-0.4, -0.2) is 15.8 Å². The minimum absolute atomic E-state index is 0.0250. The van der Waals surface area contributed by atoms with E-state index in [1.807, 2.05) is 97.6 Å². The molecule has 150 valence electrons. The van der Waals surface area contributed by atoms with Crippen molar-refractivity contribution in [1.82, 2.24) is 9.88 Å². The number of aromatic nitrogens is 1.